The van der Waals surface area contributed by atoms with E-state index in [2.05, 4.69) is 0 Å². The molecule has 0 radical (unpaired) electrons. The van der Waals surface area contributed by atoms with Gasteiger partial charge in [-0.05, 0) is 30.7 Å². The fourth-order valence-corrected chi connectivity index (χ4v) is 3.06. The number of hydrogen-bond acceptors (Lipinski definition) is 4. The lowest BCUT2D eigenvalue weighted by molar-refractivity contribution is -0.133. The van der Waals surface area contributed by atoms with Crippen molar-refractivity contribution in [3.63, 3.8) is 0 Å². The maximum absolute atomic E-state index is 12.8. The van der Waals surface area contributed by atoms with E-state index in [0.717, 1.165) is 0 Å². The molecule has 1 amide bonds. The topological polar surface area (TPSA) is 89.7 Å². The number of likely N-dealkylation sites (tertiary alicyclic amines) is 1. The Hall–Kier alpha value is -1.67. The zero-order chi connectivity index (χ0) is 16.9. The van der Waals surface area contributed by atoms with Gasteiger partial charge in [0.15, 0.2) is 0 Å². The molecule has 6 nitrogen and oxygen atoms in total. The van der Waals surface area contributed by atoms with Gasteiger partial charge in [-0.1, -0.05) is 0 Å². The summed E-state index contributed by atoms with van der Waals surface area (Å²) >= 11 is 0. The zero-order valence-corrected chi connectivity index (χ0v) is 13.6. The number of nitrogens with two attached hydrogens (primary N) is 1. The van der Waals surface area contributed by atoms with Crippen molar-refractivity contribution >= 4 is 15.9 Å². The van der Waals surface area contributed by atoms with Gasteiger partial charge in [0.2, 0.25) is 15.9 Å². The van der Waals surface area contributed by atoms with Crippen LogP contribution in [0, 0.1) is 5.82 Å². The second-order valence-electron chi connectivity index (χ2n) is 5.62. The number of rotatable bonds is 6. The lowest BCUT2D eigenvalue weighted by Crippen LogP contribution is -2.41. The normalized spacial score (nSPS) is 16.3. The number of halogens is 1. The van der Waals surface area contributed by atoms with Gasteiger partial charge in [-0.25, -0.2) is 17.9 Å². The van der Waals surface area contributed by atoms with Crippen molar-refractivity contribution < 1.29 is 22.3 Å². The van der Waals surface area contributed by atoms with E-state index in [-0.39, 0.29) is 36.4 Å². The van der Waals surface area contributed by atoms with Gasteiger partial charge < -0.3 is 9.64 Å². The molecule has 1 aliphatic rings. The average molecular weight is 344 g/mol. The first-order valence-electron chi connectivity index (χ1n) is 7.54. The van der Waals surface area contributed by atoms with Gasteiger partial charge in [0, 0.05) is 32.4 Å². The smallest absolute Gasteiger partial charge is 0.222 e. The second kappa shape index (κ2) is 7.74. The Balaban J connectivity index is 1.72. The van der Waals surface area contributed by atoms with Gasteiger partial charge in [-0.2, -0.15) is 0 Å². The first kappa shape index (κ1) is 17.7. The third kappa shape index (κ3) is 6.15. The van der Waals surface area contributed by atoms with Crippen molar-refractivity contribution in [2.45, 2.75) is 31.8 Å². The molecule has 0 aliphatic carbocycles. The van der Waals surface area contributed by atoms with Crippen LogP contribution in [0.3, 0.4) is 0 Å². The van der Waals surface area contributed by atoms with E-state index in [0.29, 0.717) is 31.7 Å². The van der Waals surface area contributed by atoms with Crippen LogP contribution in [0.2, 0.25) is 0 Å². The summed E-state index contributed by atoms with van der Waals surface area (Å²) in [6, 6.07) is 5.86. The molecule has 8 heteroatoms. The molecule has 2 N–H and O–H groups in total. The molecule has 1 aromatic rings. The predicted octanol–water partition coefficient (Wildman–Crippen LogP) is 1.26. The van der Waals surface area contributed by atoms with Crippen LogP contribution < -0.4 is 9.88 Å². The first-order valence-corrected chi connectivity index (χ1v) is 9.25. The number of carbonyl (C=O) groups excluding carboxylic acids is 1. The van der Waals surface area contributed by atoms with E-state index >= 15 is 0 Å². The van der Waals surface area contributed by atoms with Crippen molar-refractivity contribution in [1.29, 1.82) is 0 Å². The molecule has 0 unspecified atom stereocenters. The average Bonchev–Trinajstić information content (AvgIpc) is 2.49. The monoisotopic (exact) mass is 344 g/mol. The summed E-state index contributed by atoms with van der Waals surface area (Å²) in [6.45, 7) is 1.14. The third-order valence-electron chi connectivity index (χ3n) is 3.73. The molecular formula is C15H21FN2O4S. The minimum Gasteiger partial charge on any atom is -0.490 e. The van der Waals surface area contributed by atoms with Crippen molar-refractivity contribution in [1.82, 2.24) is 4.90 Å². The molecule has 0 atom stereocenters. The molecule has 23 heavy (non-hydrogen) atoms. The van der Waals surface area contributed by atoms with E-state index in [4.69, 9.17) is 9.88 Å². The Labute approximate surface area is 135 Å². The molecule has 1 heterocycles. The zero-order valence-electron chi connectivity index (χ0n) is 12.8. The van der Waals surface area contributed by atoms with E-state index in [9.17, 15) is 17.6 Å². The molecule has 1 fully saturated rings. The van der Waals surface area contributed by atoms with Crippen molar-refractivity contribution in [2.24, 2.45) is 5.14 Å². The van der Waals surface area contributed by atoms with Gasteiger partial charge >= 0.3 is 0 Å². The molecule has 0 bridgehead atoms. The Morgan fingerprint density at radius 2 is 1.87 bits per heavy atom. The highest BCUT2D eigenvalue weighted by Crippen LogP contribution is 2.20. The summed E-state index contributed by atoms with van der Waals surface area (Å²) < 4.78 is 40.3. The number of amides is 1. The van der Waals surface area contributed by atoms with Crippen molar-refractivity contribution in [2.75, 3.05) is 18.8 Å². The summed E-state index contributed by atoms with van der Waals surface area (Å²) in [5.41, 5.74) is 0. The van der Waals surface area contributed by atoms with Crippen LogP contribution in [0.15, 0.2) is 24.3 Å². The number of carbonyl (C=O) groups is 1. The summed E-state index contributed by atoms with van der Waals surface area (Å²) in [4.78, 5) is 13.7. The Bertz CT molecular complexity index is 625. The fourth-order valence-electron chi connectivity index (χ4n) is 2.51. The van der Waals surface area contributed by atoms with Gasteiger partial charge in [0.1, 0.15) is 17.7 Å². The molecule has 0 spiro atoms. The van der Waals surface area contributed by atoms with Crippen molar-refractivity contribution in [3.8, 4) is 5.75 Å². The highest BCUT2D eigenvalue weighted by molar-refractivity contribution is 7.89. The summed E-state index contributed by atoms with van der Waals surface area (Å²) in [5, 5.41) is 4.91. The van der Waals surface area contributed by atoms with Crippen LogP contribution in [0.1, 0.15) is 25.7 Å². The van der Waals surface area contributed by atoms with E-state index in [1.807, 2.05) is 0 Å². The molecule has 0 aromatic heterocycles. The third-order valence-corrected chi connectivity index (χ3v) is 4.59. The SMILES string of the molecule is NS(=O)(=O)CCCC(=O)N1CCC(Oc2ccc(F)cc2)CC1. The van der Waals surface area contributed by atoms with E-state index in [1.165, 1.54) is 12.1 Å². The highest BCUT2D eigenvalue weighted by Gasteiger charge is 2.23. The molecule has 128 valence electrons. The van der Waals surface area contributed by atoms with Gasteiger partial charge in [0.05, 0.1) is 5.75 Å². The summed E-state index contributed by atoms with van der Waals surface area (Å²) in [6.07, 6.45) is 1.80. The lowest BCUT2D eigenvalue weighted by atomic mass is 10.1. The number of nitrogens with zero attached hydrogens (tertiary/aromatic N) is 1. The van der Waals surface area contributed by atoms with Gasteiger partial charge in [-0.3, -0.25) is 4.79 Å². The van der Waals surface area contributed by atoms with Crippen LogP contribution in [-0.2, 0) is 14.8 Å². The number of primary sulfonamides is 1. The number of benzene rings is 1. The van der Waals surface area contributed by atoms with E-state index < -0.39 is 10.0 Å². The minimum atomic E-state index is -3.51. The quantitative estimate of drug-likeness (QED) is 0.841. The van der Waals surface area contributed by atoms with Gasteiger partial charge in [0.25, 0.3) is 0 Å². The number of ether oxygens (including phenoxy) is 1. The maximum atomic E-state index is 12.8. The molecule has 1 saturated heterocycles. The van der Waals surface area contributed by atoms with E-state index in [1.54, 1.807) is 17.0 Å². The Morgan fingerprint density at radius 1 is 1.26 bits per heavy atom. The Kier molecular flexibility index (Phi) is 5.95. The molecular weight excluding hydrogens is 323 g/mol. The van der Waals surface area contributed by atoms with Crippen LogP contribution in [0.4, 0.5) is 4.39 Å². The molecule has 1 aromatic carbocycles. The van der Waals surface area contributed by atoms with Crippen molar-refractivity contribution in [3.05, 3.63) is 30.1 Å². The standard InChI is InChI=1S/C15H21FN2O4S/c16-12-3-5-13(6-4-12)22-14-7-9-18(10-8-14)15(19)2-1-11-23(17,20)21/h3-6,14H,1-2,7-11H2,(H2,17,20,21). The number of piperidine rings is 1. The fraction of sp³-hybridized carbons (Fsp3) is 0.533. The molecule has 1 aliphatic heterocycles. The lowest BCUT2D eigenvalue weighted by Gasteiger charge is -2.32. The summed E-state index contributed by atoms with van der Waals surface area (Å²) in [7, 11) is -3.51. The highest BCUT2D eigenvalue weighted by atomic mass is 32.2. The van der Waals surface area contributed by atoms with Gasteiger partial charge in [-0.15, -0.1) is 0 Å². The first-order chi connectivity index (χ1) is 10.8. The molecule has 2 rings (SSSR count). The Morgan fingerprint density at radius 3 is 2.43 bits per heavy atom. The maximum Gasteiger partial charge on any atom is 0.222 e. The van der Waals surface area contributed by atoms with Crippen LogP contribution in [0.25, 0.3) is 0 Å². The number of sulfonamides is 1. The number of hydrogen-bond donors (Lipinski definition) is 1. The predicted molar refractivity (Wildman–Crippen MR) is 83.8 cm³/mol. The van der Waals surface area contributed by atoms with Crippen LogP contribution in [-0.4, -0.2) is 44.2 Å². The summed E-state index contributed by atoms with van der Waals surface area (Å²) in [5.74, 6) is 0.0681. The van der Waals surface area contributed by atoms with Crippen LogP contribution in [0.5, 0.6) is 5.75 Å². The second-order valence-corrected chi connectivity index (χ2v) is 7.36. The largest absolute Gasteiger partial charge is 0.490 e. The minimum absolute atomic E-state index is 0.00562. The molecule has 0 saturated carbocycles. The van der Waals surface area contributed by atoms with Crippen LogP contribution >= 0.6 is 0 Å².